The second kappa shape index (κ2) is 3.67. The van der Waals surface area contributed by atoms with E-state index in [1.54, 1.807) is 0 Å². The topological polar surface area (TPSA) is 43.4 Å². The molecule has 0 radical (unpaired) electrons. The Labute approximate surface area is 67.9 Å². The maximum absolute atomic E-state index is 11.2. The molecule has 0 saturated carbocycles. The molecule has 0 fully saturated rings. The van der Waals surface area contributed by atoms with Crippen molar-refractivity contribution >= 4 is 16.8 Å². The lowest BCUT2D eigenvalue weighted by molar-refractivity contribution is -0.139. The number of carbonyl (C=O) groups is 1. The van der Waals surface area contributed by atoms with Crippen molar-refractivity contribution in [3.63, 3.8) is 0 Å². The van der Waals surface area contributed by atoms with Gasteiger partial charge in [0, 0.05) is 16.6 Å². The van der Waals surface area contributed by atoms with Gasteiger partial charge in [0.05, 0.1) is 7.11 Å². The third-order valence-electron chi connectivity index (χ3n) is 1.56. The van der Waals surface area contributed by atoms with Gasteiger partial charge in [0.25, 0.3) is 0 Å². The smallest absolute Gasteiger partial charge is 0.321 e. The summed E-state index contributed by atoms with van der Waals surface area (Å²) in [4.78, 5) is 10.9. The minimum Gasteiger partial charge on any atom is -0.468 e. The van der Waals surface area contributed by atoms with Crippen molar-refractivity contribution in [2.75, 3.05) is 12.9 Å². The van der Waals surface area contributed by atoms with Crippen molar-refractivity contribution in [1.82, 2.24) is 0 Å². The second-order valence-electron chi connectivity index (χ2n) is 2.27. The van der Waals surface area contributed by atoms with Gasteiger partial charge in [-0.15, -0.1) is 0 Å². The summed E-state index contributed by atoms with van der Waals surface area (Å²) in [6, 6.07) is 0. The summed E-state index contributed by atoms with van der Waals surface area (Å²) in [6.07, 6.45) is 4.23. The van der Waals surface area contributed by atoms with Crippen molar-refractivity contribution in [3.05, 3.63) is 12.2 Å². The molecule has 0 aromatic rings. The largest absolute Gasteiger partial charge is 0.468 e. The molecule has 1 rings (SSSR count). The predicted octanol–water partition coefficient (Wildman–Crippen LogP) is 0.237. The molecule has 0 bridgehead atoms. The fourth-order valence-electron chi connectivity index (χ4n) is 0.941. The van der Waals surface area contributed by atoms with Crippen molar-refractivity contribution in [2.45, 2.75) is 11.7 Å². The van der Waals surface area contributed by atoms with Crippen LogP contribution in [-0.2, 0) is 20.3 Å². The second-order valence-corrected chi connectivity index (χ2v) is 3.93. The molecule has 3 nitrogen and oxygen atoms in total. The van der Waals surface area contributed by atoms with E-state index in [4.69, 9.17) is 0 Å². The Balaban J connectivity index is 2.64. The molecule has 0 saturated heterocycles. The van der Waals surface area contributed by atoms with E-state index in [9.17, 15) is 9.00 Å². The highest BCUT2D eigenvalue weighted by molar-refractivity contribution is 7.86. The molecule has 0 N–H and O–H groups in total. The molecule has 4 heteroatoms. The van der Waals surface area contributed by atoms with Crippen molar-refractivity contribution in [1.29, 1.82) is 0 Å². The van der Waals surface area contributed by atoms with Crippen molar-refractivity contribution in [2.24, 2.45) is 0 Å². The van der Waals surface area contributed by atoms with E-state index in [0.29, 0.717) is 12.2 Å². The van der Waals surface area contributed by atoms with Crippen LogP contribution >= 0.6 is 0 Å². The summed E-state index contributed by atoms with van der Waals surface area (Å²) in [6.45, 7) is 0. The first kappa shape index (κ1) is 8.46. The van der Waals surface area contributed by atoms with Gasteiger partial charge in [0.1, 0.15) is 5.25 Å². The number of carbonyl (C=O) groups excluding carboxylic acids is 1. The first-order chi connectivity index (χ1) is 5.25. The summed E-state index contributed by atoms with van der Waals surface area (Å²) in [7, 11) is 0.248. The number of rotatable bonds is 1. The highest BCUT2D eigenvalue weighted by Crippen LogP contribution is 2.10. The first-order valence-electron chi connectivity index (χ1n) is 3.35. The van der Waals surface area contributed by atoms with E-state index in [-0.39, 0.29) is 5.97 Å². The summed E-state index contributed by atoms with van der Waals surface area (Å²) in [5, 5.41) is -0.440. The predicted molar refractivity (Wildman–Crippen MR) is 42.6 cm³/mol. The van der Waals surface area contributed by atoms with E-state index < -0.39 is 16.0 Å². The number of hydrogen-bond acceptors (Lipinski definition) is 3. The molecule has 0 amide bonds. The van der Waals surface area contributed by atoms with E-state index in [1.165, 1.54) is 7.11 Å². The maximum Gasteiger partial charge on any atom is 0.321 e. The van der Waals surface area contributed by atoms with E-state index in [2.05, 4.69) is 4.74 Å². The average molecular weight is 174 g/mol. The van der Waals surface area contributed by atoms with Crippen LogP contribution in [0, 0.1) is 0 Å². The Bertz CT molecular complexity index is 210. The lowest BCUT2D eigenvalue weighted by Gasteiger charge is -2.14. The van der Waals surface area contributed by atoms with Gasteiger partial charge >= 0.3 is 5.97 Å². The highest BCUT2D eigenvalue weighted by atomic mass is 32.2. The van der Waals surface area contributed by atoms with Crippen LogP contribution in [-0.4, -0.2) is 28.3 Å². The first-order valence-corrected chi connectivity index (χ1v) is 4.74. The van der Waals surface area contributed by atoms with Crippen LogP contribution in [0.1, 0.15) is 6.42 Å². The Morgan fingerprint density at radius 1 is 1.64 bits per heavy atom. The molecule has 62 valence electrons. The Hall–Kier alpha value is -0.640. The monoisotopic (exact) mass is 174 g/mol. The molecule has 1 aliphatic heterocycles. The van der Waals surface area contributed by atoms with E-state index in [1.807, 2.05) is 12.2 Å². The standard InChI is InChI=1S/C7H10O3S/c1-10-7(8)6-4-2-3-5-11(6)9/h2-3,6H,4-5H2,1H3/t6-,11+/m0/s1. The van der Waals surface area contributed by atoms with Gasteiger partial charge in [0.15, 0.2) is 0 Å². The van der Waals surface area contributed by atoms with Crippen molar-refractivity contribution < 1.29 is 13.7 Å². The normalized spacial score (nSPS) is 29.9. The van der Waals surface area contributed by atoms with Gasteiger partial charge in [-0.25, -0.2) is 0 Å². The molecule has 0 unspecified atom stereocenters. The van der Waals surface area contributed by atoms with Gasteiger partial charge in [0.2, 0.25) is 0 Å². The maximum atomic E-state index is 11.2. The molecular weight excluding hydrogens is 164 g/mol. The third kappa shape index (κ3) is 1.89. The molecule has 0 aromatic heterocycles. The van der Waals surface area contributed by atoms with Crippen LogP contribution in [0.2, 0.25) is 0 Å². The van der Waals surface area contributed by atoms with E-state index in [0.717, 1.165) is 0 Å². The van der Waals surface area contributed by atoms with Crippen molar-refractivity contribution in [3.8, 4) is 0 Å². The Morgan fingerprint density at radius 2 is 2.36 bits per heavy atom. The number of methoxy groups -OCH3 is 1. The highest BCUT2D eigenvalue weighted by Gasteiger charge is 2.25. The molecule has 0 spiro atoms. The molecule has 0 aromatic carbocycles. The Kier molecular flexibility index (Phi) is 2.82. The zero-order valence-electron chi connectivity index (χ0n) is 6.28. The molecule has 0 aliphatic carbocycles. The molecule has 1 heterocycles. The third-order valence-corrected chi connectivity index (χ3v) is 3.10. The molecule has 11 heavy (non-hydrogen) atoms. The number of allylic oxidation sites excluding steroid dienone is 1. The van der Waals surface area contributed by atoms with Crippen LogP contribution in [0.5, 0.6) is 0 Å². The van der Waals surface area contributed by atoms with Crippen LogP contribution in [0.4, 0.5) is 0 Å². The van der Waals surface area contributed by atoms with Gasteiger partial charge in [-0.1, -0.05) is 12.2 Å². The van der Waals surface area contributed by atoms with Crippen LogP contribution in [0.25, 0.3) is 0 Å². The fourth-order valence-corrected chi connectivity index (χ4v) is 2.14. The zero-order valence-corrected chi connectivity index (χ0v) is 7.10. The van der Waals surface area contributed by atoms with Gasteiger partial charge in [-0.3, -0.25) is 9.00 Å². The molecule has 1 aliphatic rings. The average Bonchev–Trinajstić information content (AvgIpc) is 2.04. The SMILES string of the molecule is COC(=O)[C@@H]1CC=CC[S@]1=O. The number of ether oxygens (including phenoxy) is 1. The quantitative estimate of drug-likeness (QED) is 0.422. The van der Waals surface area contributed by atoms with E-state index >= 15 is 0 Å². The van der Waals surface area contributed by atoms with Crippen LogP contribution < -0.4 is 0 Å². The fraction of sp³-hybridized carbons (Fsp3) is 0.571. The summed E-state index contributed by atoms with van der Waals surface area (Å²) < 4.78 is 15.6. The minimum atomic E-state index is -1.07. The lowest BCUT2D eigenvalue weighted by atomic mass is 10.3. The van der Waals surface area contributed by atoms with Gasteiger partial charge in [-0.05, 0) is 6.42 Å². The summed E-state index contributed by atoms with van der Waals surface area (Å²) in [5.41, 5.74) is 0. The lowest BCUT2D eigenvalue weighted by Crippen LogP contribution is -2.29. The van der Waals surface area contributed by atoms with Crippen LogP contribution in [0.15, 0.2) is 12.2 Å². The van der Waals surface area contributed by atoms with Crippen LogP contribution in [0.3, 0.4) is 0 Å². The number of hydrogen-bond donors (Lipinski definition) is 0. The summed E-state index contributed by atoms with van der Waals surface area (Å²) in [5.74, 6) is 0.104. The zero-order chi connectivity index (χ0) is 8.27. The van der Waals surface area contributed by atoms with Gasteiger partial charge < -0.3 is 4.74 Å². The molecular formula is C7H10O3S. The Morgan fingerprint density at radius 3 is 2.91 bits per heavy atom. The number of esters is 1. The molecule has 2 atom stereocenters. The minimum absolute atomic E-state index is 0.368. The summed E-state index contributed by atoms with van der Waals surface area (Å²) >= 11 is 0. The van der Waals surface area contributed by atoms with Gasteiger partial charge in [-0.2, -0.15) is 0 Å².